The maximum Gasteiger partial charge on any atom is 0.258 e. The summed E-state index contributed by atoms with van der Waals surface area (Å²) >= 11 is 5.91. The SMILES string of the molecule is O=C(Nc1ccc(OCc2cc(=O)n3cc(Cl)ccc3n2)cc1)c1ccccc1. The molecule has 7 heteroatoms. The average molecular weight is 406 g/mol. The first-order chi connectivity index (χ1) is 14.1. The van der Waals surface area contributed by atoms with Crippen molar-refractivity contribution >= 4 is 28.8 Å². The molecule has 29 heavy (non-hydrogen) atoms. The van der Waals surface area contributed by atoms with Crippen LogP contribution in [0.1, 0.15) is 16.1 Å². The number of aromatic nitrogens is 2. The third-order valence-corrected chi connectivity index (χ3v) is 4.44. The molecule has 0 saturated heterocycles. The summed E-state index contributed by atoms with van der Waals surface area (Å²) in [6.45, 7) is 0.143. The molecule has 0 saturated carbocycles. The van der Waals surface area contributed by atoms with E-state index in [-0.39, 0.29) is 18.1 Å². The highest BCUT2D eigenvalue weighted by Gasteiger charge is 2.06. The van der Waals surface area contributed by atoms with E-state index in [4.69, 9.17) is 16.3 Å². The van der Waals surface area contributed by atoms with Gasteiger partial charge in [0, 0.05) is 23.5 Å². The number of hydrogen-bond acceptors (Lipinski definition) is 4. The summed E-state index contributed by atoms with van der Waals surface area (Å²) in [5, 5.41) is 3.29. The molecule has 144 valence electrons. The first kappa shape index (κ1) is 18.7. The molecule has 2 aromatic carbocycles. The Balaban J connectivity index is 1.42. The fourth-order valence-corrected chi connectivity index (χ4v) is 2.95. The normalized spacial score (nSPS) is 10.7. The van der Waals surface area contributed by atoms with E-state index in [9.17, 15) is 9.59 Å². The zero-order chi connectivity index (χ0) is 20.2. The molecule has 6 nitrogen and oxygen atoms in total. The summed E-state index contributed by atoms with van der Waals surface area (Å²) in [6.07, 6.45) is 1.53. The Morgan fingerprint density at radius 1 is 1.03 bits per heavy atom. The molecule has 0 aliphatic heterocycles. The van der Waals surface area contributed by atoms with E-state index in [0.29, 0.717) is 33.4 Å². The number of hydrogen-bond donors (Lipinski definition) is 1. The van der Waals surface area contributed by atoms with Crippen LogP contribution in [0.25, 0.3) is 5.65 Å². The number of carbonyl (C=O) groups excluding carboxylic acids is 1. The largest absolute Gasteiger partial charge is 0.487 e. The van der Waals surface area contributed by atoms with Crippen molar-refractivity contribution in [2.45, 2.75) is 6.61 Å². The predicted octanol–water partition coefficient (Wildman–Crippen LogP) is 4.18. The van der Waals surface area contributed by atoms with Crippen LogP contribution in [-0.2, 0) is 6.61 Å². The van der Waals surface area contributed by atoms with E-state index < -0.39 is 0 Å². The molecule has 2 aromatic heterocycles. The van der Waals surface area contributed by atoms with Crippen LogP contribution >= 0.6 is 11.6 Å². The minimum absolute atomic E-state index is 0.143. The van der Waals surface area contributed by atoms with Crippen LogP contribution in [0, 0.1) is 0 Å². The van der Waals surface area contributed by atoms with Crippen LogP contribution in [0.15, 0.2) is 83.8 Å². The van der Waals surface area contributed by atoms with Crippen molar-refractivity contribution in [1.82, 2.24) is 9.38 Å². The van der Waals surface area contributed by atoms with Gasteiger partial charge in [0.25, 0.3) is 11.5 Å². The Bertz CT molecular complexity index is 1220. The van der Waals surface area contributed by atoms with Crippen molar-refractivity contribution in [1.29, 1.82) is 0 Å². The maximum absolute atomic E-state index is 12.2. The van der Waals surface area contributed by atoms with Crippen LogP contribution < -0.4 is 15.6 Å². The van der Waals surface area contributed by atoms with Gasteiger partial charge in [0.15, 0.2) is 0 Å². The van der Waals surface area contributed by atoms with Crippen molar-refractivity contribution in [2.75, 3.05) is 5.32 Å². The van der Waals surface area contributed by atoms with Gasteiger partial charge in [-0.05, 0) is 48.5 Å². The van der Waals surface area contributed by atoms with Crippen molar-refractivity contribution < 1.29 is 9.53 Å². The number of amides is 1. The van der Waals surface area contributed by atoms with Gasteiger partial charge in [-0.3, -0.25) is 14.0 Å². The predicted molar refractivity (Wildman–Crippen MR) is 112 cm³/mol. The number of benzene rings is 2. The lowest BCUT2D eigenvalue weighted by Gasteiger charge is -2.09. The summed E-state index contributed by atoms with van der Waals surface area (Å²) in [5.41, 5.74) is 2.03. The molecule has 4 aromatic rings. The molecule has 0 unspecified atom stereocenters. The Hall–Kier alpha value is -3.64. The third kappa shape index (κ3) is 4.44. The second kappa shape index (κ2) is 8.16. The molecule has 1 N–H and O–H groups in total. The number of halogens is 1. The van der Waals surface area contributed by atoms with Gasteiger partial charge in [-0.15, -0.1) is 0 Å². The van der Waals surface area contributed by atoms with Gasteiger partial charge in [-0.1, -0.05) is 29.8 Å². The van der Waals surface area contributed by atoms with Gasteiger partial charge in [-0.2, -0.15) is 0 Å². The monoisotopic (exact) mass is 405 g/mol. The summed E-state index contributed by atoms with van der Waals surface area (Å²) in [4.78, 5) is 28.8. The van der Waals surface area contributed by atoms with Gasteiger partial charge in [-0.25, -0.2) is 4.98 Å². The van der Waals surface area contributed by atoms with E-state index >= 15 is 0 Å². The zero-order valence-corrected chi connectivity index (χ0v) is 16.0. The summed E-state index contributed by atoms with van der Waals surface area (Å²) < 4.78 is 7.10. The van der Waals surface area contributed by atoms with Crippen LogP contribution in [0.3, 0.4) is 0 Å². The molecular weight excluding hydrogens is 390 g/mol. The van der Waals surface area contributed by atoms with Crippen LogP contribution in [0.4, 0.5) is 5.69 Å². The van der Waals surface area contributed by atoms with Gasteiger partial charge < -0.3 is 10.1 Å². The summed E-state index contributed by atoms with van der Waals surface area (Å²) in [7, 11) is 0. The molecule has 0 spiro atoms. The standard InChI is InChI=1S/C22H16ClN3O3/c23-16-6-11-20-24-18(12-21(27)26(20)13-16)14-29-19-9-7-17(8-10-19)25-22(28)15-4-2-1-3-5-15/h1-13H,14H2,(H,25,28). The lowest BCUT2D eigenvalue weighted by molar-refractivity contribution is 0.102. The molecule has 0 fully saturated rings. The number of carbonyl (C=O) groups is 1. The smallest absolute Gasteiger partial charge is 0.258 e. The lowest BCUT2D eigenvalue weighted by Crippen LogP contribution is -2.16. The molecule has 0 radical (unpaired) electrons. The van der Waals surface area contributed by atoms with Crippen molar-refractivity contribution in [3.63, 3.8) is 0 Å². The topological polar surface area (TPSA) is 72.7 Å². The number of pyridine rings is 1. The highest BCUT2D eigenvalue weighted by atomic mass is 35.5. The first-order valence-electron chi connectivity index (χ1n) is 8.85. The van der Waals surface area contributed by atoms with Crippen molar-refractivity contribution in [3.8, 4) is 5.75 Å². The first-order valence-corrected chi connectivity index (χ1v) is 9.23. The Morgan fingerprint density at radius 2 is 1.79 bits per heavy atom. The molecule has 0 aliphatic carbocycles. The fraction of sp³-hybridized carbons (Fsp3) is 0.0455. The molecule has 2 heterocycles. The Kier molecular flexibility index (Phi) is 5.27. The second-order valence-corrected chi connectivity index (χ2v) is 6.73. The quantitative estimate of drug-likeness (QED) is 0.540. The third-order valence-electron chi connectivity index (χ3n) is 4.21. The molecule has 4 rings (SSSR count). The van der Waals surface area contributed by atoms with E-state index in [0.717, 1.165) is 0 Å². The van der Waals surface area contributed by atoms with E-state index in [1.165, 1.54) is 16.7 Å². The van der Waals surface area contributed by atoms with E-state index in [2.05, 4.69) is 10.3 Å². The van der Waals surface area contributed by atoms with Gasteiger partial charge >= 0.3 is 0 Å². The fourth-order valence-electron chi connectivity index (χ4n) is 2.78. The van der Waals surface area contributed by atoms with Gasteiger partial charge in [0.2, 0.25) is 0 Å². The van der Waals surface area contributed by atoms with Crippen molar-refractivity contribution in [2.24, 2.45) is 0 Å². The van der Waals surface area contributed by atoms with E-state index in [1.807, 2.05) is 18.2 Å². The molecule has 0 atom stereocenters. The number of nitrogens with one attached hydrogen (secondary N) is 1. The van der Waals surface area contributed by atoms with Crippen molar-refractivity contribution in [3.05, 3.63) is 106 Å². The summed E-state index contributed by atoms with van der Waals surface area (Å²) in [5.74, 6) is 0.418. The van der Waals surface area contributed by atoms with Crippen LogP contribution in [-0.4, -0.2) is 15.3 Å². The second-order valence-electron chi connectivity index (χ2n) is 6.29. The highest BCUT2D eigenvalue weighted by Crippen LogP contribution is 2.18. The van der Waals surface area contributed by atoms with E-state index in [1.54, 1.807) is 48.5 Å². The number of ether oxygens (including phenoxy) is 1. The number of fused-ring (bicyclic) bond motifs is 1. The Labute approximate surface area is 171 Å². The van der Waals surface area contributed by atoms with Gasteiger partial charge in [0.1, 0.15) is 18.0 Å². The highest BCUT2D eigenvalue weighted by molar-refractivity contribution is 6.30. The Morgan fingerprint density at radius 3 is 2.55 bits per heavy atom. The molecule has 0 aliphatic rings. The van der Waals surface area contributed by atoms with Gasteiger partial charge in [0.05, 0.1) is 10.7 Å². The van der Waals surface area contributed by atoms with Crippen LogP contribution in [0.5, 0.6) is 5.75 Å². The lowest BCUT2D eigenvalue weighted by atomic mass is 10.2. The minimum atomic E-state index is -0.227. The van der Waals surface area contributed by atoms with Crippen LogP contribution in [0.2, 0.25) is 5.02 Å². The minimum Gasteiger partial charge on any atom is -0.487 e. The molecule has 0 bridgehead atoms. The number of rotatable bonds is 5. The summed E-state index contributed by atoms with van der Waals surface area (Å²) in [6, 6.07) is 20.7. The average Bonchev–Trinajstić information content (AvgIpc) is 2.74. The molecule has 1 amide bonds. The maximum atomic E-state index is 12.2. The number of anilines is 1. The number of nitrogens with zero attached hydrogens (tertiary/aromatic N) is 2. The molecular formula is C22H16ClN3O3. The zero-order valence-electron chi connectivity index (χ0n) is 15.2.